The first kappa shape index (κ1) is 27.0. The van der Waals surface area contributed by atoms with Gasteiger partial charge in [-0.2, -0.15) is 0 Å². The summed E-state index contributed by atoms with van der Waals surface area (Å²) in [5, 5.41) is 10.4. The molecule has 1 aromatic rings. The topological polar surface area (TPSA) is 59.0 Å². The third-order valence-electron chi connectivity index (χ3n) is 13.0. The standard InChI is InChI=1S/C35H49NO4/c1-21-16-31-32(36(19-21)33(38)39-20-24-8-6-5-7-9-24)23(3)35(40-31)15-13-27-28-11-10-25-17-26(37)12-14-34(25,4)30(28)18-29(27)22(35)2/h5-9,21,23,25-28,30-32,37H,10-20H2,1-4H3/t21?,23-,25-,26+,27+,28?,30+,31-,32?,34+,35+/m1/s1. The number of rotatable bonds is 2. The molecule has 5 fully saturated rings. The lowest BCUT2D eigenvalue weighted by Gasteiger charge is -2.53. The van der Waals surface area contributed by atoms with Gasteiger partial charge in [-0.3, -0.25) is 0 Å². The first-order chi connectivity index (χ1) is 19.2. The maximum absolute atomic E-state index is 13.5. The first-order valence-corrected chi connectivity index (χ1v) is 16.2. The number of fused-ring (bicyclic) bond motifs is 6. The number of hydrogen-bond acceptors (Lipinski definition) is 4. The maximum Gasteiger partial charge on any atom is 0.410 e. The van der Waals surface area contributed by atoms with Crippen LogP contribution in [0, 0.1) is 40.9 Å². The van der Waals surface area contributed by atoms with Gasteiger partial charge in [0.1, 0.15) is 6.61 Å². The minimum atomic E-state index is -0.264. The Bertz CT molecular complexity index is 1170. The highest BCUT2D eigenvalue weighted by atomic mass is 16.6. The fourth-order valence-electron chi connectivity index (χ4n) is 10.9. The molecule has 5 nitrogen and oxygen atoms in total. The Labute approximate surface area is 240 Å². The number of carbonyl (C=O) groups is 1. The van der Waals surface area contributed by atoms with Crippen molar-refractivity contribution in [3.63, 3.8) is 0 Å². The van der Waals surface area contributed by atoms with Crippen LogP contribution in [-0.2, 0) is 16.1 Å². The molecular formula is C35H49NO4. The average molecular weight is 548 g/mol. The summed E-state index contributed by atoms with van der Waals surface area (Å²) in [5.41, 5.74) is 4.33. The number of aliphatic hydroxyl groups excluding tert-OH is 1. The highest BCUT2D eigenvalue weighted by Gasteiger charge is 2.63. The van der Waals surface area contributed by atoms with Crippen LogP contribution in [0.2, 0.25) is 0 Å². The number of benzene rings is 1. The second-order valence-corrected chi connectivity index (χ2v) is 14.8. The molecule has 0 aromatic heterocycles. The molecule has 1 aromatic carbocycles. The second kappa shape index (κ2) is 9.87. The van der Waals surface area contributed by atoms with E-state index in [0.29, 0.717) is 29.8 Å². The predicted molar refractivity (Wildman–Crippen MR) is 155 cm³/mol. The molecule has 5 heteroatoms. The van der Waals surface area contributed by atoms with Crippen molar-refractivity contribution in [1.29, 1.82) is 0 Å². The number of likely N-dealkylation sites (tertiary alicyclic amines) is 1. The van der Waals surface area contributed by atoms with Crippen LogP contribution in [0.15, 0.2) is 41.5 Å². The lowest BCUT2D eigenvalue weighted by Crippen LogP contribution is -2.54. The summed E-state index contributed by atoms with van der Waals surface area (Å²) >= 11 is 0. The summed E-state index contributed by atoms with van der Waals surface area (Å²) in [5.74, 6) is 3.55. The summed E-state index contributed by atoms with van der Waals surface area (Å²) in [6.07, 6.45) is 10.1. The largest absolute Gasteiger partial charge is 0.445 e. The van der Waals surface area contributed by atoms with Gasteiger partial charge < -0.3 is 19.5 Å². The van der Waals surface area contributed by atoms with Crippen molar-refractivity contribution >= 4 is 6.09 Å². The van der Waals surface area contributed by atoms with Crippen LogP contribution in [-0.4, -0.2) is 46.5 Å². The molecule has 0 radical (unpaired) electrons. The van der Waals surface area contributed by atoms with Crippen molar-refractivity contribution in [2.75, 3.05) is 6.54 Å². The summed E-state index contributed by atoms with van der Waals surface area (Å²) < 4.78 is 13.1. The van der Waals surface area contributed by atoms with Crippen LogP contribution in [0.1, 0.15) is 91.0 Å². The van der Waals surface area contributed by atoms with Gasteiger partial charge in [-0.15, -0.1) is 0 Å². The zero-order valence-electron chi connectivity index (χ0n) is 25.0. The number of nitrogens with zero attached hydrogens (tertiary/aromatic N) is 1. The molecule has 1 N–H and O–H groups in total. The van der Waals surface area contributed by atoms with Gasteiger partial charge in [0.25, 0.3) is 0 Å². The quantitative estimate of drug-likeness (QED) is 0.400. The number of ether oxygens (including phenoxy) is 2. The minimum Gasteiger partial charge on any atom is -0.445 e. The molecule has 1 spiro atoms. The van der Waals surface area contributed by atoms with Gasteiger partial charge in [-0.1, -0.05) is 56.7 Å². The molecule has 3 saturated carbocycles. The van der Waals surface area contributed by atoms with E-state index >= 15 is 0 Å². The fourth-order valence-corrected chi connectivity index (χ4v) is 10.9. The molecule has 40 heavy (non-hydrogen) atoms. The lowest BCUT2D eigenvalue weighted by molar-refractivity contribution is -0.0742. The fraction of sp³-hybridized carbons (Fsp3) is 0.743. The minimum absolute atomic E-state index is 0.0667. The molecule has 2 heterocycles. The van der Waals surface area contributed by atoms with Gasteiger partial charge >= 0.3 is 6.09 Å². The van der Waals surface area contributed by atoms with E-state index in [0.717, 1.165) is 49.6 Å². The Balaban J connectivity index is 1.15. The Kier molecular flexibility index (Phi) is 6.66. The van der Waals surface area contributed by atoms with E-state index in [9.17, 15) is 9.90 Å². The number of carbonyl (C=O) groups excluding carboxylic acids is 1. The number of allylic oxidation sites excluding steroid dienone is 1. The first-order valence-electron chi connectivity index (χ1n) is 16.2. The zero-order valence-corrected chi connectivity index (χ0v) is 25.0. The van der Waals surface area contributed by atoms with E-state index in [-0.39, 0.29) is 35.9 Å². The van der Waals surface area contributed by atoms with Crippen LogP contribution < -0.4 is 0 Å². The highest BCUT2D eigenvalue weighted by molar-refractivity contribution is 5.68. The number of amides is 1. The molecule has 3 unspecified atom stereocenters. The lowest BCUT2D eigenvalue weighted by atomic mass is 9.52. The van der Waals surface area contributed by atoms with E-state index in [1.165, 1.54) is 37.7 Å². The van der Waals surface area contributed by atoms with Crippen molar-refractivity contribution in [2.24, 2.45) is 40.9 Å². The summed E-state index contributed by atoms with van der Waals surface area (Å²) in [6.45, 7) is 10.6. The zero-order chi connectivity index (χ0) is 27.8. The highest BCUT2D eigenvalue weighted by Crippen LogP contribution is 2.66. The maximum atomic E-state index is 13.5. The molecule has 7 rings (SSSR count). The van der Waals surface area contributed by atoms with E-state index < -0.39 is 0 Å². The van der Waals surface area contributed by atoms with Gasteiger partial charge in [0.15, 0.2) is 0 Å². The smallest absolute Gasteiger partial charge is 0.410 e. The van der Waals surface area contributed by atoms with Crippen LogP contribution in [0.25, 0.3) is 0 Å². The monoisotopic (exact) mass is 547 g/mol. The molecule has 2 saturated heterocycles. The van der Waals surface area contributed by atoms with Gasteiger partial charge in [-0.05, 0) is 111 Å². The van der Waals surface area contributed by atoms with Crippen LogP contribution in [0.3, 0.4) is 0 Å². The number of hydrogen-bond donors (Lipinski definition) is 1. The molecule has 4 aliphatic carbocycles. The molecule has 1 amide bonds. The average Bonchev–Trinajstić information content (AvgIpc) is 3.47. The van der Waals surface area contributed by atoms with Crippen molar-refractivity contribution in [2.45, 2.75) is 116 Å². The predicted octanol–water partition coefficient (Wildman–Crippen LogP) is 7.13. The van der Waals surface area contributed by atoms with Gasteiger partial charge in [-0.25, -0.2) is 4.79 Å². The second-order valence-electron chi connectivity index (χ2n) is 14.8. The third-order valence-corrected chi connectivity index (χ3v) is 13.0. The Hall–Kier alpha value is -1.85. The van der Waals surface area contributed by atoms with Crippen LogP contribution in [0.4, 0.5) is 4.79 Å². The Morgan fingerprint density at radius 2 is 1.90 bits per heavy atom. The number of piperidine rings is 1. The van der Waals surface area contributed by atoms with E-state index in [2.05, 4.69) is 27.7 Å². The third kappa shape index (κ3) is 4.04. The van der Waals surface area contributed by atoms with Crippen LogP contribution >= 0.6 is 0 Å². The molecule has 6 aliphatic rings. The summed E-state index contributed by atoms with van der Waals surface area (Å²) in [6, 6.07) is 10.1. The normalized spacial score (nSPS) is 46.0. The summed E-state index contributed by atoms with van der Waals surface area (Å²) in [7, 11) is 0. The Morgan fingerprint density at radius 1 is 1.10 bits per heavy atom. The SMILES string of the molecule is CC1=C2C[C@H]3C(CC[C@@H]4C[C@@H](O)CC[C@@]43C)[C@@H]2CC[C@]12O[C@@H]1CC(C)CN(C(=O)OCc3ccccc3)C1[C@H]2C. The van der Waals surface area contributed by atoms with Gasteiger partial charge in [0, 0.05) is 12.5 Å². The van der Waals surface area contributed by atoms with Gasteiger partial charge in [0.2, 0.25) is 0 Å². The van der Waals surface area contributed by atoms with Crippen molar-refractivity contribution in [3.8, 4) is 0 Å². The van der Waals surface area contributed by atoms with E-state index in [4.69, 9.17) is 9.47 Å². The molecule has 218 valence electrons. The van der Waals surface area contributed by atoms with Crippen molar-refractivity contribution < 1.29 is 19.4 Å². The summed E-state index contributed by atoms with van der Waals surface area (Å²) in [4.78, 5) is 15.5. The van der Waals surface area contributed by atoms with Crippen molar-refractivity contribution in [1.82, 2.24) is 4.90 Å². The molecule has 0 bridgehead atoms. The molecule has 2 aliphatic heterocycles. The Morgan fingerprint density at radius 3 is 2.70 bits per heavy atom. The number of aliphatic hydroxyl groups is 1. The van der Waals surface area contributed by atoms with Gasteiger partial charge in [0.05, 0.1) is 23.9 Å². The molecular weight excluding hydrogens is 498 g/mol. The molecule has 11 atom stereocenters. The van der Waals surface area contributed by atoms with E-state index in [1.54, 1.807) is 5.57 Å². The van der Waals surface area contributed by atoms with Crippen molar-refractivity contribution in [3.05, 3.63) is 47.0 Å². The van der Waals surface area contributed by atoms with Crippen LogP contribution in [0.5, 0.6) is 0 Å². The van der Waals surface area contributed by atoms with E-state index in [1.807, 2.05) is 35.2 Å².